The number of aromatic nitrogens is 2. The van der Waals surface area contributed by atoms with Gasteiger partial charge in [-0.25, -0.2) is 13.4 Å². The zero-order chi connectivity index (χ0) is 28.0. The molecule has 2 aliphatic carbocycles. The van der Waals surface area contributed by atoms with E-state index < -0.39 is 32.1 Å². The number of aryl methyl sites for hydroxylation is 1. The van der Waals surface area contributed by atoms with Crippen molar-refractivity contribution < 1.29 is 13.2 Å². The second kappa shape index (κ2) is 8.59. The maximum absolute atomic E-state index is 14.1. The van der Waals surface area contributed by atoms with E-state index in [0.717, 1.165) is 35.5 Å². The standard InChI is InChI=1S/C29H25Cl2N5O3S/c1-17-33-10-11-35(17)20-6-7-25(23(31)12-20)40(38,39)21-13-24-26(34-28(16-32)8-9-28)22-14-29(22,27(37)36(24)15-21)18-2-4-19(30)5-3-18/h2-7,10-12,21,24,34H,8-9,13-15H2,1H3/t21-,24+,29?/m1/s1. The Balaban J connectivity index is 1.25. The maximum Gasteiger partial charge on any atom is 0.238 e. The molecule has 3 heterocycles. The number of fused-ring (bicyclic) bond motifs is 2. The number of sulfone groups is 1. The van der Waals surface area contributed by atoms with E-state index in [4.69, 9.17) is 23.2 Å². The van der Waals surface area contributed by atoms with Gasteiger partial charge in [-0.15, -0.1) is 0 Å². The number of nitriles is 1. The number of nitrogens with one attached hydrogen (secondary N) is 1. The lowest BCUT2D eigenvalue weighted by atomic mass is 9.88. The lowest BCUT2D eigenvalue weighted by Gasteiger charge is -2.36. The normalized spacial score (nSPS) is 26.2. The highest BCUT2D eigenvalue weighted by atomic mass is 35.5. The molecule has 3 fully saturated rings. The second-order valence-electron chi connectivity index (χ2n) is 11.1. The Morgan fingerprint density at radius 3 is 2.52 bits per heavy atom. The highest BCUT2D eigenvalue weighted by Crippen LogP contribution is 2.61. The first-order valence-corrected chi connectivity index (χ1v) is 15.4. The number of hydrogen-bond donors (Lipinski definition) is 1. The first-order chi connectivity index (χ1) is 19.1. The van der Waals surface area contributed by atoms with Gasteiger partial charge in [-0.2, -0.15) is 5.26 Å². The van der Waals surface area contributed by atoms with Gasteiger partial charge in [0.1, 0.15) is 16.8 Å². The number of imidazole rings is 1. The molecule has 3 aromatic rings. The highest BCUT2D eigenvalue weighted by Gasteiger charge is 2.66. The lowest BCUT2D eigenvalue weighted by Crippen LogP contribution is -2.50. The summed E-state index contributed by atoms with van der Waals surface area (Å²) >= 11 is 12.7. The Kier molecular flexibility index (Phi) is 5.51. The molecule has 4 aliphatic rings. The maximum atomic E-state index is 14.1. The fourth-order valence-corrected chi connectivity index (χ4v) is 8.72. The minimum atomic E-state index is -3.88. The van der Waals surface area contributed by atoms with Crippen molar-refractivity contribution in [3.8, 4) is 11.8 Å². The van der Waals surface area contributed by atoms with Crippen molar-refractivity contribution in [2.24, 2.45) is 0 Å². The molecular weight excluding hydrogens is 569 g/mol. The third kappa shape index (κ3) is 3.66. The van der Waals surface area contributed by atoms with Crippen LogP contribution in [0.4, 0.5) is 0 Å². The van der Waals surface area contributed by atoms with Crippen LogP contribution in [0.15, 0.2) is 71.0 Å². The van der Waals surface area contributed by atoms with Crippen LogP contribution < -0.4 is 5.32 Å². The van der Waals surface area contributed by atoms with Crippen molar-refractivity contribution in [2.45, 2.75) is 59.7 Å². The van der Waals surface area contributed by atoms with E-state index in [1.165, 1.54) is 6.07 Å². The van der Waals surface area contributed by atoms with E-state index in [1.54, 1.807) is 41.6 Å². The van der Waals surface area contributed by atoms with Crippen molar-refractivity contribution in [3.05, 3.63) is 87.6 Å². The molecule has 40 heavy (non-hydrogen) atoms. The minimum Gasteiger partial charge on any atom is -0.369 e. The van der Waals surface area contributed by atoms with Crippen LogP contribution in [0.25, 0.3) is 5.69 Å². The summed E-state index contributed by atoms with van der Waals surface area (Å²) in [5.41, 5.74) is 1.79. The molecule has 0 radical (unpaired) electrons. The average molecular weight is 595 g/mol. The summed E-state index contributed by atoms with van der Waals surface area (Å²) in [6, 6.07) is 14.0. The highest BCUT2D eigenvalue weighted by molar-refractivity contribution is 7.92. The molecule has 1 unspecified atom stereocenters. The zero-order valence-corrected chi connectivity index (χ0v) is 23.9. The molecule has 7 rings (SSSR count). The minimum absolute atomic E-state index is 0.0448. The van der Waals surface area contributed by atoms with Crippen molar-refractivity contribution in [1.29, 1.82) is 5.26 Å². The number of halogens is 2. The van der Waals surface area contributed by atoms with E-state index in [9.17, 15) is 18.5 Å². The molecule has 2 aliphatic heterocycles. The molecule has 1 N–H and O–H groups in total. The van der Waals surface area contributed by atoms with E-state index in [-0.39, 0.29) is 28.8 Å². The molecule has 2 saturated carbocycles. The van der Waals surface area contributed by atoms with Crippen LogP contribution >= 0.6 is 23.2 Å². The molecule has 0 bridgehead atoms. The summed E-state index contributed by atoms with van der Waals surface area (Å²) in [7, 11) is -3.88. The number of rotatable bonds is 6. The van der Waals surface area contributed by atoms with Gasteiger partial charge >= 0.3 is 0 Å². The average Bonchev–Trinajstić information content (AvgIpc) is 3.78. The number of carbonyl (C=O) groups is 1. The molecule has 0 spiro atoms. The summed E-state index contributed by atoms with van der Waals surface area (Å²) in [5, 5.41) is 13.1. The number of amides is 1. The van der Waals surface area contributed by atoms with Crippen LogP contribution in [-0.2, 0) is 20.0 Å². The quantitative estimate of drug-likeness (QED) is 0.451. The predicted molar refractivity (Wildman–Crippen MR) is 150 cm³/mol. The number of nitrogens with zero attached hydrogens (tertiary/aromatic N) is 4. The summed E-state index contributed by atoms with van der Waals surface area (Å²) in [6.45, 7) is 1.90. The third-order valence-electron chi connectivity index (χ3n) is 8.82. The monoisotopic (exact) mass is 593 g/mol. The Bertz CT molecular complexity index is 1770. The fourth-order valence-electron chi connectivity index (χ4n) is 6.36. The number of carbonyl (C=O) groups excluding carboxylic acids is 1. The third-order valence-corrected chi connectivity index (χ3v) is 11.7. The van der Waals surface area contributed by atoms with Gasteiger partial charge in [0, 0.05) is 35.3 Å². The van der Waals surface area contributed by atoms with Crippen LogP contribution in [0, 0.1) is 18.3 Å². The van der Waals surface area contributed by atoms with Crippen molar-refractivity contribution in [1.82, 2.24) is 19.8 Å². The molecule has 11 heteroatoms. The molecular formula is C29H25Cl2N5O3S. The molecule has 8 nitrogen and oxygen atoms in total. The first kappa shape index (κ1) is 25.6. The number of benzene rings is 2. The molecule has 204 valence electrons. The van der Waals surface area contributed by atoms with Crippen molar-refractivity contribution >= 4 is 38.9 Å². The van der Waals surface area contributed by atoms with Gasteiger partial charge in [-0.3, -0.25) is 4.79 Å². The largest absolute Gasteiger partial charge is 0.369 e. The summed E-state index contributed by atoms with van der Waals surface area (Å²) in [4.78, 5) is 20.0. The van der Waals surface area contributed by atoms with Gasteiger partial charge in [-0.1, -0.05) is 35.3 Å². The van der Waals surface area contributed by atoms with Crippen LogP contribution in [0.1, 0.15) is 37.1 Å². The van der Waals surface area contributed by atoms with Crippen LogP contribution in [0.2, 0.25) is 10.0 Å². The SMILES string of the molecule is Cc1nccn1-c1ccc(S(=O)(=O)[C@@H]2C[C@H]3C(NC4(C#N)CC4)=C4CC4(c4ccc(Cl)cc4)C(=O)N3C2)c(Cl)c1. The summed E-state index contributed by atoms with van der Waals surface area (Å²) in [6.07, 6.45) is 5.66. The van der Waals surface area contributed by atoms with Crippen molar-refractivity contribution in [3.63, 3.8) is 0 Å². The molecule has 1 amide bonds. The Hall–Kier alpha value is -3.32. The predicted octanol–water partition coefficient (Wildman–Crippen LogP) is 4.49. The van der Waals surface area contributed by atoms with Gasteiger partial charge < -0.3 is 14.8 Å². The summed E-state index contributed by atoms with van der Waals surface area (Å²) in [5.74, 6) is 0.654. The van der Waals surface area contributed by atoms with Crippen LogP contribution in [0.3, 0.4) is 0 Å². The molecule has 3 atom stereocenters. The first-order valence-electron chi connectivity index (χ1n) is 13.1. The zero-order valence-electron chi connectivity index (χ0n) is 21.6. The Morgan fingerprint density at radius 1 is 1.15 bits per heavy atom. The topological polar surface area (TPSA) is 108 Å². The van der Waals surface area contributed by atoms with Crippen LogP contribution in [-0.4, -0.2) is 52.2 Å². The fraction of sp³-hybridized carbons (Fsp3) is 0.345. The second-order valence-corrected chi connectivity index (χ2v) is 14.2. The van der Waals surface area contributed by atoms with Crippen LogP contribution in [0.5, 0.6) is 0 Å². The van der Waals surface area contributed by atoms with Gasteiger partial charge in [0.05, 0.1) is 27.3 Å². The molecule has 1 saturated heterocycles. The lowest BCUT2D eigenvalue weighted by molar-refractivity contribution is -0.134. The van der Waals surface area contributed by atoms with Gasteiger partial charge in [0.2, 0.25) is 5.91 Å². The Labute approximate surface area is 242 Å². The van der Waals surface area contributed by atoms with E-state index in [1.807, 2.05) is 23.6 Å². The van der Waals surface area contributed by atoms with E-state index >= 15 is 0 Å². The molecule has 2 aromatic carbocycles. The van der Waals surface area contributed by atoms with Gasteiger partial charge in [0.15, 0.2) is 9.84 Å². The van der Waals surface area contributed by atoms with Gasteiger partial charge in [0.25, 0.3) is 0 Å². The van der Waals surface area contributed by atoms with Gasteiger partial charge in [-0.05, 0) is 74.1 Å². The van der Waals surface area contributed by atoms with E-state index in [0.29, 0.717) is 17.1 Å². The smallest absolute Gasteiger partial charge is 0.238 e. The van der Waals surface area contributed by atoms with Crippen molar-refractivity contribution in [2.75, 3.05) is 6.54 Å². The molecule has 1 aromatic heterocycles. The number of hydrogen-bond acceptors (Lipinski definition) is 6. The summed E-state index contributed by atoms with van der Waals surface area (Å²) < 4.78 is 29.8. The van der Waals surface area contributed by atoms with E-state index in [2.05, 4.69) is 16.4 Å². The Morgan fingerprint density at radius 2 is 1.90 bits per heavy atom.